The van der Waals surface area contributed by atoms with Crippen molar-refractivity contribution in [1.29, 1.82) is 0 Å². The molecule has 2 aromatic rings. The number of aldehydes is 1. The lowest BCUT2D eigenvalue weighted by Gasteiger charge is -2.20. The predicted octanol–water partition coefficient (Wildman–Crippen LogP) is 3.73. The molecule has 1 unspecified atom stereocenters. The normalized spacial score (nSPS) is 17.4. The van der Waals surface area contributed by atoms with E-state index in [1.54, 1.807) is 23.5 Å². The molecule has 1 saturated heterocycles. The number of hydrogen-bond donors (Lipinski definition) is 3. The number of carbonyl (C=O) groups excluding carboxylic acids is 2. The van der Waals surface area contributed by atoms with Gasteiger partial charge in [0.05, 0.1) is 11.6 Å². The number of anilines is 2. The number of rotatable bonds is 4. The van der Waals surface area contributed by atoms with Crippen LogP contribution in [0.25, 0.3) is 0 Å². The zero-order chi connectivity index (χ0) is 18.5. The molecule has 1 fully saturated rings. The molecule has 1 aliphatic carbocycles. The fraction of sp³-hybridized carbons (Fsp3) is 0.368. The van der Waals surface area contributed by atoms with Gasteiger partial charge in [0.1, 0.15) is 11.3 Å². The van der Waals surface area contributed by atoms with Gasteiger partial charge < -0.3 is 20.7 Å². The summed E-state index contributed by atoms with van der Waals surface area (Å²) in [6, 6.07) is 7.35. The summed E-state index contributed by atoms with van der Waals surface area (Å²) in [5, 5.41) is 10.6. The molecule has 1 aliphatic heterocycles. The average molecular weight is 392 g/mol. The summed E-state index contributed by atoms with van der Waals surface area (Å²) < 4.78 is 0. The zero-order valence-electron chi connectivity index (χ0n) is 14.6. The Bertz CT molecular complexity index is 785. The van der Waals surface area contributed by atoms with Crippen LogP contribution in [0.15, 0.2) is 24.3 Å². The first-order valence-electron chi connectivity index (χ1n) is 8.70. The number of halogens is 1. The van der Waals surface area contributed by atoms with E-state index < -0.39 is 0 Å². The van der Waals surface area contributed by atoms with E-state index in [0.29, 0.717) is 5.02 Å². The second-order valence-electron chi connectivity index (χ2n) is 6.26. The van der Waals surface area contributed by atoms with Gasteiger partial charge in [-0.1, -0.05) is 11.6 Å². The lowest BCUT2D eigenvalue weighted by molar-refractivity contribution is -0.110. The molecule has 1 amide bonds. The largest absolute Gasteiger partial charge is 0.379 e. The highest BCUT2D eigenvalue weighted by molar-refractivity contribution is 7.16. The van der Waals surface area contributed by atoms with Crippen LogP contribution in [0.2, 0.25) is 5.02 Å². The maximum absolute atomic E-state index is 12.5. The van der Waals surface area contributed by atoms with E-state index in [2.05, 4.69) is 16.0 Å². The van der Waals surface area contributed by atoms with Crippen LogP contribution >= 0.6 is 22.9 Å². The number of thiophene rings is 1. The zero-order valence-corrected chi connectivity index (χ0v) is 16.2. The minimum atomic E-state index is -0.0453. The molecule has 0 spiro atoms. The summed E-state index contributed by atoms with van der Waals surface area (Å²) >= 11 is 7.55. The van der Waals surface area contributed by atoms with Crippen LogP contribution in [0, 0.1) is 0 Å². The number of hydrogen-bond acceptors (Lipinski definition) is 5. The fourth-order valence-electron chi connectivity index (χ4n) is 2.97. The molecule has 2 aliphatic rings. The molecule has 0 radical (unpaired) electrons. The van der Waals surface area contributed by atoms with E-state index in [1.165, 1.54) is 10.4 Å². The fourth-order valence-corrected chi connectivity index (χ4v) is 4.34. The van der Waals surface area contributed by atoms with Crippen molar-refractivity contribution in [3.63, 3.8) is 0 Å². The standard InChI is InChI=1S/C15H15ClN2OS.C4H7NO/c1-17-15-13(11-3-2-4-12(11)20-15)14(19)18-10-7-5-9(16)6-8-10;6-3-4-1-2-5-4/h5-8,17H,2-4H2,1H3,(H,18,19);3-5H,1-2H2. The Kier molecular flexibility index (Phi) is 6.29. The summed E-state index contributed by atoms with van der Waals surface area (Å²) in [5.41, 5.74) is 2.78. The first-order valence-corrected chi connectivity index (χ1v) is 9.89. The van der Waals surface area contributed by atoms with E-state index in [0.717, 1.165) is 54.8 Å². The molecule has 7 heteroatoms. The minimum Gasteiger partial charge on any atom is -0.379 e. The first kappa shape index (κ1) is 18.9. The van der Waals surface area contributed by atoms with Crippen molar-refractivity contribution in [2.75, 3.05) is 24.2 Å². The first-order chi connectivity index (χ1) is 12.6. The Balaban J connectivity index is 0.000000278. The van der Waals surface area contributed by atoms with Crippen LogP contribution in [-0.2, 0) is 17.6 Å². The van der Waals surface area contributed by atoms with E-state index in [4.69, 9.17) is 11.6 Å². The van der Waals surface area contributed by atoms with Crippen LogP contribution in [0.1, 0.15) is 33.6 Å². The van der Waals surface area contributed by atoms with Crippen molar-refractivity contribution in [3.05, 3.63) is 45.3 Å². The Morgan fingerprint density at radius 1 is 1.31 bits per heavy atom. The van der Waals surface area contributed by atoms with Crippen molar-refractivity contribution in [2.24, 2.45) is 0 Å². The van der Waals surface area contributed by atoms with Crippen LogP contribution in [0.3, 0.4) is 0 Å². The second-order valence-corrected chi connectivity index (χ2v) is 7.80. The van der Waals surface area contributed by atoms with Crippen LogP contribution < -0.4 is 16.0 Å². The van der Waals surface area contributed by atoms with Gasteiger partial charge in [0, 0.05) is 22.6 Å². The predicted molar refractivity (Wildman–Crippen MR) is 108 cm³/mol. The molecular weight excluding hydrogens is 370 g/mol. The molecule has 26 heavy (non-hydrogen) atoms. The molecule has 1 aromatic carbocycles. The smallest absolute Gasteiger partial charge is 0.258 e. The van der Waals surface area contributed by atoms with Crippen molar-refractivity contribution in [2.45, 2.75) is 31.7 Å². The van der Waals surface area contributed by atoms with Crippen molar-refractivity contribution in [3.8, 4) is 0 Å². The number of aryl methyl sites for hydroxylation is 1. The molecule has 138 valence electrons. The Morgan fingerprint density at radius 2 is 2.04 bits per heavy atom. The highest BCUT2D eigenvalue weighted by Crippen LogP contribution is 2.39. The number of amides is 1. The Labute approximate surface area is 162 Å². The lowest BCUT2D eigenvalue weighted by atomic mass is 10.1. The average Bonchev–Trinajstić information content (AvgIpc) is 3.16. The maximum Gasteiger partial charge on any atom is 0.258 e. The summed E-state index contributed by atoms with van der Waals surface area (Å²) in [6.45, 7) is 1.02. The topological polar surface area (TPSA) is 70.2 Å². The lowest BCUT2D eigenvalue weighted by Crippen LogP contribution is -2.43. The molecule has 0 saturated carbocycles. The molecule has 1 aromatic heterocycles. The summed E-state index contributed by atoms with van der Waals surface area (Å²) in [4.78, 5) is 23.6. The van der Waals surface area contributed by atoms with Gasteiger partial charge in [0.15, 0.2) is 0 Å². The molecule has 4 rings (SSSR count). The van der Waals surface area contributed by atoms with Gasteiger partial charge in [-0.05, 0) is 62.1 Å². The number of carbonyl (C=O) groups is 2. The van der Waals surface area contributed by atoms with Crippen molar-refractivity contribution >= 4 is 45.8 Å². The highest BCUT2D eigenvalue weighted by atomic mass is 35.5. The van der Waals surface area contributed by atoms with Crippen LogP contribution in [0.4, 0.5) is 10.7 Å². The summed E-state index contributed by atoms with van der Waals surface area (Å²) in [5.74, 6) is -0.0453. The molecular formula is C19H22ClN3O2S. The third-order valence-corrected chi connectivity index (χ3v) is 6.06. The Hall–Kier alpha value is -1.89. The van der Waals surface area contributed by atoms with Gasteiger partial charge >= 0.3 is 0 Å². The second kappa shape index (κ2) is 8.66. The molecule has 2 heterocycles. The monoisotopic (exact) mass is 391 g/mol. The number of benzene rings is 1. The quantitative estimate of drug-likeness (QED) is 0.694. The van der Waals surface area contributed by atoms with E-state index >= 15 is 0 Å². The third kappa shape index (κ3) is 4.26. The number of nitrogens with one attached hydrogen (secondary N) is 3. The SMILES string of the molecule is CNc1sc2c(c1C(=O)Nc1ccc(Cl)cc1)CCC2.O=CC1CCN1. The molecule has 3 N–H and O–H groups in total. The highest BCUT2D eigenvalue weighted by Gasteiger charge is 2.26. The van der Waals surface area contributed by atoms with E-state index in [-0.39, 0.29) is 11.9 Å². The van der Waals surface area contributed by atoms with Crippen LogP contribution in [-0.4, -0.2) is 31.8 Å². The summed E-state index contributed by atoms with van der Waals surface area (Å²) in [7, 11) is 1.86. The van der Waals surface area contributed by atoms with Crippen molar-refractivity contribution in [1.82, 2.24) is 5.32 Å². The minimum absolute atomic E-state index is 0.0453. The van der Waals surface area contributed by atoms with E-state index in [1.807, 2.05) is 19.2 Å². The third-order valence-electron chi connectivity index (χ3n) is 4.50. The van der Waals surface area contributed by atoms with Gasteiger partial charge in [0.2, 0.25) is 0 Å². The van der Waals surface area contributed by atoms with Gasteiger partial charge in [-0.25, -0.2) is 0 Å². The van der Waals surface area contributed by atoms with Crippen molar-refractivity contribution < 1.29 is 9.59 Å². The van der Waals surface area contributed by atoms with Crippen LogP contribution in [0.5, 0.6) is 0 Å². The number of fused-ring (bicyclic) bond motifs is 1. The maximum atomic E-state index is 12.5. The van der Waals surface area contributed by atoms with Gasteiger partial charge in [-0.15, -0.1) is 11.3 Å². The molecule has 1 atom stereocenters. The van der Waals surface area contributed by atoms with Gasteiger partial charge in [-0.3, -0.25) is 4.79 Å². The van der Waals surface area contributed by atoms with Gasteiger partial charge in [-0.2, -0.15) is 0 Å². The van der Waals surface area contributed by atoms with Gasteiger partial charge in [0.25, 0.3) is 5.91 Å². The summed E-state index contributed by atoms with van der Waals surface area (Å²) in [6.07, 6.45) is 5.21. The Morgan fingerprint density at radius 3 is 2.58 bits per heavy atom. The molecule has 5 nitrogen and oxygen atoms in total. The molecule has 0 bridgehead atoms. The van der Waals surface area contributed by atoms with E-state index in [9.17, 15) is 9.59 Å².